The third kappa shape index (κ3) is 3.35. The number of amides is 1. The van der Waals surface area contributed by atoms with Crippen LogP contribution in [0.3, 0.4) is 0 Å². The lowest BCUT2D eigenvalue weighted by Crippen LogP contribution is -2.57. The molecule has 1 rings (SSSR count). The molecule has 0 saturated heterocycles. The largest absolute Gasteiger partial charge is 0.460 e. The van der Waals surface area contributed by atoms with Crippen LogP contribution in [-0.2, 0) is 4.79 Å². The molecule has 5 nitrogen and oxygen atoms in total. The highest BCUT2D eigenvalue weighted by atomic mass is 19.4. The molecular formula is C11H7F7N2O3. The monoisotopic (exact) mass is 348 g/mol. The predicted octanol–water partition coefficient (Wildman–Crippen LogP) is 3.67. The zero-order valence-electron chi connectivity index (χ0n) is 11.0. The van der Waals surface area contributed by atoms with E-state index < -0.39 is 40.2 Å². The second kappa shape index (κ2) is 5.66. The fraction of sp³-hybridized carbons (Fsp3) is 0.364. The van der Waals surface area contributed by atoms with E-state index in [0.717, 1.165) is 17.4 Å². The van der Waals surface area contributed by atoms with Gasteiger partial charge in [0.15, 0.2) is 0 Å². The maximum Gasteiger partial charge on any atom is 0.460 e. The number of nitro groups is 1. The number of anilines is 1. The van der Waals surface area contributed by atoms with Gasteiger partial charge < -0.3 is 5.32 Å². The van der Waals surface area contributed by atoms with Gasteiger partial charge in [0, 0.05) is 12.1 Å². The normalized spacial score (nSPS) is 12.9. The van der Waals surface area contributed by atoms with Crippen molar-refractivity contribution in [3.8, 4) is 0 Å². The van der Waals surface area contributed by atoms with E-state index >= 15 is 0 Å². The first-order chi connectivity index (χ1) is 10.2. The first-order valence-corrected chi connectivity index (χ1v) is 5.60. The summed E-state index contributed by atoms with van der Waals surface area (Å²) in [7, 11) is 0. The van der Waals surface area contributed by atoms with Crippen molar-refractivity contribution in [2.24, 2.45) is 0 Å². The van der Waals surface area contributed by atoms with Crippen LogP contribution in [0.4, 0.5) is 42.1 Å². The molecule has 0 radical (unpaired) electrons. The van der Waals surface area contributed by atoms with E-state index in [1.165, 1.54) is 6.92 Å². The summed E-state index contributed by atoms with van der Waals surface area (Å²) in [6, 6.07) is 2.47. The molecule has 0 aliphatic carbocycles. The van der Waals surface area contributed by atoms with Crippen LogP contribution >= 0.6 is 0 Å². The van der Waals surface area contributed by atoms with Crippen molar-refractivity contribution in [1.82, 2.24) is 0 Å². The van der Waals surface area contributed by atoms with Gasteiger partial charge in [0.2, 0.25) is 0 Å². The quantitative estimate of drug-likeness (QED) is 0.513. The molecule has 0 aliphatic rings. The molecule has 0 unspecified atom stereocenters. The lowest BCUT2D eigenvalue weighted by molar-refractivity contribution is -0.384. The maximum absolute atomic E-state index is 13.2. The van der Waals surface area contributed by atoms with E-state index in [4.69, 9.17) is 0 Å². The number of carbonyl (C=O) groups is 1. The fourth-order valence-corrected chi connectivity index (χ4v) is 1.38. The number of hydrogen-bond acceptors (Lipinski definition) is 3. The van der Waals surface area contributed by atoms with Crippen LogP contribution < -0.4 is 5.32 Å². The van der Waals surface area contributed by atoms with Gasteiger partial charge in [-0.2, -0.15) is 30.7 Å². The van der Waals surface area contributed by atoms with Crippen LogP contribution in [0.15, 0.2) is 18.2 Å². The lowest BCUT2D eigenvalue weighted by atomic mass is 10.1. The first-order valence-electron chi connectivity index (χ1n) is 5.60. The van der Waals surface area contributed by atoms with Gasteiger partial charge in [-0.05, 0) is 12.5 Å². The molecule has 0 fully saturated rings. The van der Waals surface area contributed by atoms with Crippen molar-refractivity contribution >= 4 is 17.3 Å². The van der Waals surface area contributed by atoms with Gasteiger partial charge >= 0.3 is 23.9 Å². The van der Waals surface area contributed by atoms with Crippen LogP contribution in [0.2, 0.25) is 0 Å². The Labute approximate surface area is 123 Å². The summed E-state index contributed by atoms with van der Waals surface area (Å²) < 4.78 is 87.7. The first kappa shape index (κ1) is 18.6. The number of carbonyl (C=O) groups excluding carboxylic acids is 1. The Morgan fingerprint density at radius 1 is 1.13 bits per heavy atom. The molecule has 0 aromatic heterocycles. The average Bonchev–Trinajstić information content (AvgIpc) is 2.39. The molecule has 0 saturated carbocycles. The SMILES string of the molecule is Cc1ccc([N+](=O)[O-])cc1NC(=O)C(F)(F)C(F)(F)C(F)(F)F. The number of non-ortho nitro benzene ring substituents is 1. The highest BCUT2D eigenvalue weighted by Gasteiger charge is 2.76. The molecule has 1 amide bonds. The summed E-state index contributed by atoms with van der Waals surface area (Å²) in [5, 5.41) is 11.7. The molecule has 23 heavy (non-hydrogen) atoms. The Bertz CT molecular complexity index is 643. The minimum absolute atomic E-state index is 0.0601. The van der Waals surface area contributed by atoms with Crippen molar-refractivity contribution < 1.29 is 40.5 Å². The zero-order valence-corrected chi connectivity index (χ0v) is 11.0. The molecule has 0 heterocycles. The third-order valence-electron chi connectivity index (χ3n) is 2.72. The van der Waals surface area contributed by atoms with Gasteiger partial charge in [0.05, 0.1) is 10.6 Å². The minimum Gasteiger partial charge on any atom is -0.320 e. The molecule has 1 N–H and O–H groups in total. The van der Waals surface area contributed by atoms with Crippen LogP contribution in [0.1, 0.15) is 5.56 Å². The number of benzene rings is 1. The Morgan fingerprint density at radius 2 is 1.65 bits per heavy atom. The summed E-state index contributed by atoms with van der Waals surface area (Å²) in [6.45, 7) is 1.17. The average molecular weight is 348 g/mol. The van der Waals surface area contributed by atoms with Crippen LogP contribution in [0.5, 0.6) is 0 Å². The molecular weight excluding hydrogens is 341 g/mol. The summed E-state index contributed by atoms with van der Waals surface area (Å²) in [4.78, 5) is 20.7. The van der Waals surface area contributed by atoms with Crippen LogP contribution in [0.25, 0.3) is 0 Å². The van der Waals surface area contributed by atoms with Gasteiger partial charge in [-0.25, -0.2) is 0 Å². The topological polar surface area (TPSA) is 72.2 Å². The number of alkyl halides is 7. The standard InChI is InChI=1S/C11H7F7N2O3/c1-5-2-3-6(20(22)23)4-7(5)19-8(21)9(12,13)10(14,15)11(16,17)18/h2-4H,1H3,(H,19,21). The molecule has 1 aromatic rings. The van der Waals surface area contributed by atoms with E-state index in [9.17, 15) is 45.6 Å². The van der Waals surface area contributed by atoms with Gasteiger partial charge in [-0.3, -0.25) is 14.9 Å². The summed E-state index contributed by atoms with van der Waals surface area (Å²) in [5.41, 5.74) is -1.44. The number of rotatable bonds is 4. The van der Waals surface area contributed by atoms with E-state index in [0.29, 0.717) is 6.07 Å². The number of aryl methyl sites for hydroxylation is 1. The van der Waals surface area contributed by atoms with Gasteiger partial charge in [-0.1, -0.05) is 6.07 Å². The second-order valence-electron chi connectivity index (χ2n) is 4.36. The smallest absolute Gasteiger partial charge is 0.320 e. The number of nitrogens with one attached hydrogen (secondary N) is 1. The van der Waals surface area contributed by atoms with Gasteiger partial charge in [-0.15, -0.1) is 0 Å². The minimum atomic E-state index is -6.66. The van der Waals surface area contributed by atoms with E-state index in [-0.39, 0.29) is 5.56 Å². The van der Waals surface area contributed by atoms with Gasteiger partial charge in [0.1, 0.15) is 0 Å². The Hall–Kier alpha value is -2.40. The summed E-state index contributed by atoms with van der Waals surface area (Å²) in [6.07, 6.45) is -6.66. The van der Waals surface area contributed by atoms with Crippen molar-refractivity contribution in [2.75, 3.05) is 5.32 Å². The number of nitro benzene ring substituents is 1. The Morgan fingerprint density at radius 3 is 2.09 bits per heavy atom. The fourth-order valence-electron chi connectivity index (χ4n) is 1.38. The molecule has 0 aliphatic heterocycles. The summed E-state index contributed by atoms with van der Waals surface area (Å²) >= 11 is 0. The van der Waals surface area contributed by atoms with E-state index in [1.54, 1.807) is 0 Å². The molecule has 12 heteroatoms. The predicted molar refractivity (Wildman–Crippen MR) is 62.4 cm³/mol. The molecule has 0 spiro atoms. The van der Waals surface area contributed by atoms with Crippen molar-refractivity contribution in [1.29, 1.82) is 0 Å². The second-order valence-corrected chi connectivity index (χ2v) is 4.36. The lowest BCUT2D eigenvalue weighted by Gasteiger charge is -2.27. The number of nitrogens with zero attached hydrogens (tertiary/aromatic N) is 1. The van der Waals surface area contributed by atoms with Crippen molar-refractivity contribution in [3.63, 3.8) is 0 Å². The van der Waals surface area contributed by atoms with E-state index in [1.807, 2.05) is 0 Å². The molecule has 0 atom stereocenters. The Balaban J connectivity index is 3.17. The maximum atomic E-state index is 13.2. The van der Waals surface area contributed by atoms with Crippen LogP contribution in [0, 0.1) is 17.0 Å². The molecule has 128 valence electrons. The summed E-state index contributed by atoms with van der Waals surface area (Å²) in [5.74, 6) is -15.7. The third-order valence-corrected chi connectivity index (χ3v) is 2.72. The van der Waals surface area contributed by atoms with Gasteiger partial charge in [0.25, 0.3) is 5.69 Å². The number of halogens is 7. The van der Waals surface area contributed by atoms with Crippen molar-refractivity contribution in [2.45, 2.75) is 24.9 Å². The highest BCUT2D eigenvalue weighted by Crippen LogP contribution is 2.47. The van der Waals surface area contributed by atoms with Crippen LogP contribution in [-0.4, -0.2) is 28.9 Å². The highest BCUT2D eigenvalue weighted by molar-refractivity contribution is 5.97. The van der Waals surface area contributed by atoms with E-state index in [2.05, 4.69) is 0 Å². The van der Waals surface area contributed by atoms with Crippen molar-refractivity contribution in [3.05, 3.63) is 33.9 Å². The number of hydrogen-bond donors (Lipinski definition) is 1. The Kier molecular flexibility index (Phi) is 4.59. The zero-order chi connectivity index (χ0) is 18.2. The molecule has 0 bridgehead atoms. The molecule has 1 aromatic carbocycles.